The first kappa shape index (κ1) is 17.0. The summed E-state index contributed by atoms with van der Waals surface area (Å²) in [6, 6.07) is 15.2. The highest BCUT2D eigenvalue weighted by Gasteiger charge is 2.07. The van der Waals surface area contributed by atoms with Gasteiger partial charge >= 0.3 is 0 Å². The number of benzene rings is 2. The van der Waals surface area contributed by atoms with Crippen LogP contribution >= 0.6 is 11.3 Å². The molecule has 3 N–H and O–H groups in total. The number of thiazole rings is 1. The summed E-state index contributed by atoms with van der Waals surface area (Å²) in [5.74, 6) is 0.466. The largest absolute Gasteiger partial charge is 0.484 e. The fraction of sp³-hybridized carbons (Fsp3) is 0.158. The first-order valence-electron chi connectivity index (χ1n) is 7.97. The molecule has 0 atom stereocenters. The summed E-state index contributed by atoms with van der Waals surface area (Å²) in [5, 5.41) is 5.24. The van der Waals surface area contributed by atoms with Gasteiger partial charge in [0.05, 0.1) is 5.69 Å². The van der Waals surface area contributed by atoms with Gasteiger partial charge in [0.25, 0.3) is 5.91 Å². The number of nitrogens with two attached hydrogens (primary N) is 1. The molecule has 3 aromatic rings. The number of carbonyl (C=O) groups excluding carboxylic acids is 1. The van der Waals surface area contributed by atoms with E-state index in [4.69, 9.17) is 10.5 Å². The molecule has 1 heterocycles. The van der Waals surface area contributed by atoms with E-state index in [0.29, 0.717) is 16.6 Å². The number of aromatic nitrogens is 1. The predicted molar refractivity (Wildman–Crippen MR) is 102 cm³/mol. The zero-order valence-corrected chi connectivity index (χ0v) is 14.7. The molecule has 1 amide bonds. The van der Waals surface area contributed by atoms with E-state index in [1.54, 1.807) is 0 Å². The number of nitrogens with zero attached hydrogens (tertiary/aromatic N) is 1. The van der Waals surface area contributed by atoms with Gasteiger partial charge in [0, 0.05) is 16.6 Å². The molecule has 0 aliphatic heterocycles. The topological polar surface area (TPSA) is 77.2 Å². The van der Waals surface area contributed by atoms with Gasteiger partial charge in [-0.15, -0.1) is 11.3 Å². The van der Waals surface area contributed by atoms with Crippen molar-refractivity contribution in [2.24, 2.45) is 0 Å². The standard InChI is InChI=1S/C19H19N3O2S/c1-2-13-6-8-16(9-7-13)24-11-18(23)21-15-5-3-4-14(10-15)17-12-25-19(20)22-17/h3-10,12H,2,11H2,1H3,(H2,20,22)(H,21,23). The van der Waals surface area contributed by atoms with Crippen LogP contribution in [0.5, 0.6) is 5.75 Å². The van der Waals surface area contributed by atoms with E-state index in [1.807, 2.05) is 53.9 Å². The van der Waals surface area contributed by atoms with Crippen LogP contribution in [-0.2, 0) is 11.2 Å². The molecule has 25 heavy (non-hydrogen) atoms. The van der Waals surface area contributed by atoms with Crippen molar-refractivity contribution in [3.8, 4) is 17.0 Å². The predicted octanol–water partition coefficient (Wildman–Crippen LogP) is 3.97. The second-order valence-electron chi connectivity index (χ2n) is 5.49. The van der Waals surface area contributed by atoms with E-state index in [2.05, 4.69) is 17.2 Å². The van der Waals surface area contributed by atoms with Crippen molar-refractivity contribution in [2.45, 2.75) is 13.3 Å². The van der Waals surface area contributed by atoms with Crippen molar-refractivity contribution < 1.29 is 9.53 Å². The minimum atomic E-state index is -0.213. The van der Waals surface area contributed by atoms with Crippen LogP contribution in [0.2, 0.25) is 0 Å². The Morgan fingerprint density at radius 1 is 1.24 bits per heavy atom. The lowest BCUT2D eigenvalue weighted by Crippen LogP contribution is -2.20. The first-order valence-corrected chi connectivity index (χ1v) is 8.85. The van der Waals surface area contributed by atoms with Gasteiger partial charge in [0.2, 0.25) is 0 Å². The Balaban J connectivity index is 1.59. The van der Waals surface area contributed by atoms with E-state index in [9.17, 15) is 4.79 Å². The number of hydrogen-bond acceptors (Lipinski definition) is 5. The molecule has 0 saturated carbocycles. The Hall–Kier alpha value is -2.86. The Morgan fingerprint density at radius 2 is 2.04 bits per heavy atom. The van der Waals surface area contributed by atoms with Crippen LogP contribution in [0, 0.1) is 0 Å². The number of hydrogen-bond donors (Lipinski definition) is 2. The van der Waals surface area contributed by atoms with E-state index in [-0.39, 0.29) is 12.5 Å². The fourth-order valence-electron chi connectivity index (χ4n) is 2.34. The number of nitrogen functional groups attached to an aromatic ring is 1. The second-order valence-corrected chi connectivity index (χ2v) is 6.38. The average molecular weight is 353 g/mol. The van der Waals surface area contributed by atoms with Gasteiger partial charge in [-0.1, -0.05) is 31.2 Å². The van der Waals surface area contributed by atoms with Crippen LogP contribution < -0.4 is 15.8 Å². The highest BCUT2D eigenvalue weighted by Crippen LogP contribution is 2.25. The van der Waals surface area contributed by atoms with E-state index in [0.717, 1.165) is 17.7 Å². The van der Waals surface area contributed by atoms with Gasteiger partial charge in [-0.2, -0.15) is 0 Å². The van der Waals surface area contributed by atoms with Crippen molar-refractivity contribution >= 4 is 28.1 Å². The van der Waals surface area contributed by atoms with E-state index >= 15 is 0 Å². The Bertz CT molecular complexity index is 859. The van der Waals surface area contributed by atoms with Gasteiger partial charge in [-0.25, -0.2) is 4.98 Å². The molecular weight excluding hydrogens is 334 g/mol. The highest BCUT2D eigenvalue weighted by atomic mass is 32.1. The number of amides is 1. The minimum absolute atomic E-state index is 0.0423. The molecule has 0 spiro atoms. The lowest BCUT2D eigenvalue weighted by Gasteiger charge is -2.09. The van der Waals surface area contributed by atoms with E-state index < -0.39 is 0 Å². The van der Waals surface area contributed by atoms with Crippen LogP contribution in [-0.4, -0.2) is 17.5 Å². The SMILES string of the molecule is CCc1ccc(OCC(=O)Nc2cccc(-c3csc(N)n3)c2)cc1. The maximum Gasteiger partial charge on any atom is 0.262 e. The number of aryl methyl sites for hydroxylation is 1. The van der Waals surface area contributed by atoms with Gasteiger partial charge in [-0.3, -0.25) is 4.79 Å². The Labute approximate surface area is 150 Å². The van der Waals surface area contributed by atoms with Gasteiger partial charge in [0.15, 0.2) is 11.7 Å². The maximum absolute atomic E-state index is 12.1. The van der Waals surface area contributed by atoms with Crippen LogP contribution in [0.25, 0.3) is 11.3 Å². The zero-order chi connectivity index (χ0) is 17.6. The molecule has 1 aromatic heterocycles. The van der Waals surface area contributed by atoms with Crippen molar-refractivity contribution in [3.63, 3.8) is 0 Å². The molecule has 0 unspecified atom stereocenters. The van der Waals surface area contributed by atoms with Crippen LogP contribution in [0.3, 0.4) is 0 Å². The van der Waals surface area contributed by atoms with Crippen molar-refractivity contribution in [2.75, 3.05) is 17.7 Å². The van der Waals surface area contributed by atoms with Crippen LogP contribution in [0.1, 0.15) is 12.5 Å². The fourth-order valence-corrected chi connectivity index (χ4v) is 2.92. The summed E-state index contributed by atoms with van der Waals surface area (Å²) in [6.45, 7) is 2.05. The van der Waals surface area contributed by atoms with Gasteiger partial charge in [-0.05, 0) is 36.2 Å². The second kappa shape index (κ2) is 7.81. The third-order valence-electron chi connectivity index (χ3n) is 3.67. The average Bonchev–Trinajstić information content (AvgIpc) is 3.07. The highest BCUT2D eigenvalue weighted by molar-refractivity contribution is 7.13. The molecule has 0 aliphatic carbocycles. The summed E-state index contributed by atoms with van der Waals surface area (Å²) in [7, 11) is 0. The van der Waals surface area contributed by atoms with Gasteiger partial charge < -0.3 is 15.8 Å². The summed E-state index contributed by atoms with van der Waals surface area (Å²) in [5.41, 5.74) is 9.30. The van der Waals surface area contributed by atoms with Crippen LogP contribution in [0.15, 0.2) is 53.9 Å². The molecule has 0 aliphatic rings. The number of rotatable bonds is 6. The third kappa shape index (κ3) is 4.58. The Morgan fingerprint density at radius 3 is 2.72 bits per heavy atom. The molecule has 5 nitrogen and oxygen atoms in total. The van der Waals surface area contributed by atoms with Crippen molar-refractivity contribution in [3.05, 3.63) is 59.5 Å². The molecule has 6 heteroatoms. The normalized spacial score (nSPS) is 10.4. The zero-order valence-electron chi connectivity index (χ0n) is 13.9. The van der Waals surface area contributed by atoms with Crippen LogP contribution in [0.4, 0.5) is 10.8 Å². The minimum Gasteiger partial charge on any atom is -0.484 e. The van der Waals surface area contributed by atoms with Crippen molar-refractivity contribution in [1.82, 2.24) is 4.98 Å². The smallest absolute Gasteiger partial charge is 0.262 e. The van der Waals surface area contributed by atoms with E-state index in [1.165, 1.54) is 16.9 Å². The quantitative estimate of drug-likeness (QED) is 0.703. The monoisotopic (exact) mass is 353 g/mol. The summed E-state index contributed by atoms with van der Waals surface area (Å²) < 4.78 is 5.52. The molecule has 128 valence electrons. The lowest BCUT2D eigenvalue weighted by molar-refractivity contribution is -0.118. The van der Waals surface area contributed by atoms with Crippen molar-refractivity contribution in [1.29, 1.82) is 0 Å². The third-order valence-corrected chi connectivity index (χ3v) is 4.34. The number of ether oxygens (including phenoxy) is 1. The molecule has 0 saturated heterocycles. The number of carbonyl (C=O) groups is 1. The number of nitrogens with one attached hydrogen (secondary N) is 1. The first-order chi connectivity index (χ1) is 12.1. The number of anilines is 2. The summed E-state index contributed by atoms with van der Waals surface area (Å²) in [6.07, 6.45) is 0.974. The Kier molecular flexibility index (Phi) is 5.30. The molecule has 0 bridgehead atoms. The van der Waals surface area contributed by atoms with Gasteiger partial charge in [0.1, 0.15) is 5.75 Å². The molecule has 2 aromatic carbocycles. The molecular formula is C19H19N3O2S. The maximum atomic E-state index is 12.1. The molecule has 0 fully saturated rings. The lowest BCUT2D eigenvalue weighted by atomic mass is 10.1. The summed E-state index contributed by atoms with van der Waals surface area (Å²) >= 11 is 1.39. The molecule has 0 radical (unpaired) electrons. The molecule has 3 rings (SSSR count). The summed E-state index contributed by atoms with van der Waals surface area (Å²) in [4.78, 5) is 16.3.